The average Bonchev–Trinajstić information content (AvgIpc) is 2.89. The topological polar surface area (TPSA) is 80.0 Å². The van der Waals surface area contributed by atoms with Crippen molar-refractivity contribution in [1.29, 1.82) is 0 Å². The zero-order valence-corrected chi connectivity index (χ0v) is 14.1. The van der Waals surface area contributed by atoms with Crippen molar-refractivity contribution in [3.8, 4) is 5.69 Å². The van der Waals surface area contributed by atoms with Crippen molar-refractivity contribution < 1.29 is 9.90 Å². The molecule has 6 heteroatoms. The van der Waals surface area contributed by atoms with Crippen LogP contribution in [0.5, 0.6) is 0 Å². The highest BCUT2D eigenvalue weighted by molar-refractivity contribution is 5.93. The maximum atomic E-state index is 12.2. The molecule has 23 heavy (non-hydrogen) atoms. The van der Waals surface area contributed by atoms with Gasteiger partial charge in [-0.15, -0.1) is 5.10 Å². The van der Waals surface area contributed by atoms with E-state index in [2.05, 4.69) is 15.6 Å². The van der Waals surface area contributed by atoms with Gasteiger partial charge in [-0.25, -0.2) is 4.68 Å². The molecule has 1 atom stereocenters. The van der Waals surface area contributed by atoms with E-state index in [4.69, 9.17) is 0 Å². The predicted molar refractivity (Wildman–Crippen MR) is 88.6 cm³/mol. The molecule has 0 fully saturated rings. The number of aliphatic hydroxyl groups is 1. The summed E-state index contributed by atoms with van der Waals surface area (Å²) in [6, 6.07) is 7.86. The summed E-state index contributed by atoms with van der Waals surface area (Å²) in [5.41, 5.74) is 3.03. The first-order valence-corrected chi connectivity index (χ1v) is 7.85. The normalized spacial score (nSPS) is 12.4. The smallest absolute Gasteiger partial charge is 0.273 e. The van der Waals surface area contributed by atoms with Crippen LogP contribution in [0.4, 0.5) is 0 Å². The third-order valence-corrected chi connectivity index (χ3v) is 3.88. The molecular weight excluding hydrogens is 292 g/mol. The zero-order valence-electron chi connectivity index (χ0n) is 14.1. The third-order valence-electron chi connectivity index (χ3n) is 3.88. The number of amides is 1. The van der Waals surface area contributed by atoms with Gasteiger partial charge in [-0.2, -0.15) is 0 Å². The number of aromatic nitrogens is 3. The van der Waals surface area contributed by atoms with Crippen LogP contribution in [0, 0.1) is 19.8 Å². The molecule has 6 nitrogen and oxygen atoms in total. The third kappa shape index (κ3) is 4.16. The van der Waals surface area contributed by atoms with Crippen molar-refractivity contribution in [2.75, 3.05) is 6.54 Å². The van der Waals surface area contributed by atoms with Crippen LogP contribution in [-0.2, 0) is 0 Å². The average molecular weight is 316 g/mol. The van der Waals surface area contributed by atoms with E-state index in [-0.39, 0.29) is 11.8 Å². The van der Waals surface area contributed by atoms with Crippen molar-refractivity contribution in [2.24, 2.45) is 5.92 Å². The summed E-state index contributed by atoms with van der Waals surface area (Å²) in [5, 5.41) is 20.6. The van der Waals surface area contributed by atoms with Crippen molar-refractivity contribution >= 4 is 5.91 Å². The van der Waals surface area contributed by atoms with E-state index in [1.165, 1.54) is 0 Å². The van der Waals surface area contributed by atoms with Gasteiger partial charge in [0.15, 0.2) is 5.69 Å². The quantitative estimate of drug-likeness (QED) is 0.854. The zero-order chi connectivity index (χ0) is 17.0. The van der Waals surface area contributed by atoms with Crippen LogP contribution in [-0.4, -0.2) is 38.7 Å². The molecule has 2 aromatic rings. The van der Waals surface area contributed by atoms with Gasteiger partial charge in [-0.1, -0.05) is 36.8 Å². The summed E-state index contributed by atoms with van der Waals surface area (Å²) in [5.74, 6) is -0.0899. The standard InChI is InChI=1S/C17H24N4O2/c1-11(2)15(22)9-10-18-17(23)16-13(4)21(20-19-16)14-7-5-12(3)6-8-14/h5-8,11,15,22H,9-10H2,1-4H3,(H,18,23). The molecule has 0 radical (unpaired) electrons. The number of nitrogens with one attached hydrogen (secondary N) is 1. The lowest BCUT2D eigenvalue weighted by atomic mass is 10.0. The number of carbonyl (C=O) groups excluding carboxylic acids is 1. The fraction of sp³-hybridized carbons (Fsp3) is 0.471. The van der Waals surface area contributed by atoms with Crippen molar-refractivity contribution in [3.63, 3.8) is 0 Å². The van der Waals surface area contributed by atoms with Crippen molar-refractivity contribution in [2.45, 2.75) is 40.2 Å². The Bertz CT molecular complexity index is 662. The van der Waals surface area contributed by atoms with E-state index >= 15 is 0 Å². The Labute approximate surface area is 136 Å². The molecule has 1 unspecified atom stereocenters. The van der Waals surface area contributed by atoms with Gasteiger partial charge in [-0.3, -0.25) is 4.79 Å². The van der Waals surface area contributed by atoms with E-state index < -0.39 is 6.10 Å². The molecule has 0 aliphatic heterocycles. The minimum atomic E-state index is -0.417. The second-order valence-corrected chi connectivity index (χ2v) is 6.13. The van der Waals surface area contributed by atoms with Crippen molar-refractivity contribution in [1.82, 2.24) is 20.3 Å². The molecule has 2 N–H and O–H groups in total. The molecule has 2 rings (SSSR count). The maximum absolute atomic E-state index is 12.2. The number of aliphatic hydroxyl groups excluding tert-OH is 1. The minimum absolute atomic E-state index is 0.177. The number of nitrogens with zero attached hydrogens (tertiary/aromatic N) is 3. The summed E-state index contributed by atoms with van der Waals surface area (Å²) in [6.07, 6.45) is 0.105. The molecule has 0 bridgehead atoms. The number of hydrogen-bond acceptors (Lipinski definition) is 4. The summed E-state index contributed by atoms with van der Waals surface area (Å²) < 4.78 is 1.65. The van der Waals surface area contributed by atoms with Gasteiger partial charge in [-0.05, 0) is 38.3 Å². The SMILES string of the molecule is Cc1ccc(-n2nnc(C(=O)NCCC(O)C(C)C)c2C)cc1. The molecule has 0 saturated carbocycles. The molecule has 1 aromatic heterocycles. The van der Waals surface area contributed by atoms with Crippen LogP contribution in [0.2, 0.25) is 0 Å². The number of carbonyl (C=O) groups is 1. The Hall–Kier alpha value is -2.21. The lowest BCUT2D eigenvalue weighted by Gasteiger charge is -2.14. The fourth-order valence-electron chi connectivity index (χ4n) is 2.22. The first kappa shape index (κ1) is 17.1. The molecule has 0 saturated heterocycles. The number of hydrogen-bond donors (Lipinski definition) is 2. The van der Waals surface area contributed by atoms with Crippen LogP contribution in [0.1, 0.15) is 42.0 Å². The summed E-state index contributed by atoms with van der Waals surface area (Å²) in [4.78, 5) is 12.2. The molecule has 1 amide bonds. The van der Waals surface area contributed by atoms with Gasteiger partial charge in [0.1, 0.15) is 0 Å². The highest BCUT2D eigenvalue weighted by atomic mass is 16.3. The number of rotatable bonds is 6. The lowest BCUT2D eigenvalue weighted by molar-refractivity contribution is 0.0915. The summed E-state index contributed by atoms with van der Waals surface area (Å²) >= 11 is 0. The van der Waals surface area contributed by atoms with Gasteiger partial charge in [0, 0.05) is 6.54 Å². The Kier molecular flexibility index (Phi) is 5.50. The van der Waals surface area contributed by atoms with E-state index in [9.17, 15) is 9.90 Å². The van der Waals surface area contributed by atoms with E-state index in [1.807, 2.05) is 52.0 Å². The van der Waals surface area contributed by atoms with Crippen LogP contribution in [0.3, 0.4) is 0 Å². The first-order valence-electron chi connectivity index (χ1n) is 7.85. The second kappa shape index (κ2) is 7.37. The molecule has 0 aliphatic rings. The van der Waals surface area contributed by atoms with Crippen LogP contribution in [0.25, 0.3) is 5.69 Å². The molecule has 124 valence electrons. The minimum Gasteiger partial charge on any atom is -0.393 e. The second-order valence-electron chi connectivity index (χ2n) is 6.13. The van der Waals surface area contributed by atoms with Gasteiger partial charge < -0.3 is 10.4 Å². The van der Waals surface area contributed by atoms with Crippen LogP contribution < -0.4 is 5.32 Å². The summed E-state index contributed by atoms with van der Waals surface area (Å²) in [7, 11) is 0. The Balaban J connectivity index is 2.04. The lowest BCUT2D eigenvalue weighted by Crippen LogP contribution is -2.29. The molecule has 1 heterocycles. The predicted octanol–water partition coefficient (Wildman–Crippen LogP) is 2.02. The maximum Gasteiger partial charge on any atom is 0.273 e. The summed E-state index contributed by atoms with van der Waals surface area (Å²) in [6.45, 7) is 8.14. The fourth-order valence-corrected chi connectivity index (χ4v) is 2.22. The highest BCUT2D eigenvalue weighted by Gasteiger charge is 2.17. The Morgan fingerprint density at radius 2 is 1.91 bits per heavy atom. The number of benzene rings is 1. The molecule has 1 aromatic carbocycles. The van der Waals surface area contributed by atoms with Crippen molar-refractivity contribution in [3.05, 3.63) is 41.2 Å². The van der Waals surface area contributed by atoms with Gasteiger partial charge in [0.2, 0.25) is 0 Å². The van der Waals surface area contributed by atoms with Gasteiger partial charge >= 0.3 is 0 Å². The monoisotopic (exact) mass is 316 g/mol. The first-order chi connectivity index (χ1) is 10.9. The van der Waals surface area contributed by atoms with Gasteiger partial charge in [0.25, 0.3) is 5.91 Å². The van der Waals surface area contributed by atoms with E-state index in [0.29, 0.717) is 24.4 Å². The van der Waals surface area contributed by atoms with Crippen LogP contribution in [0.15, 0.2) is 24.3 Å². The molecule has 0 aliphatic carbocycles. The number of aryl methyl sites for hydroxylation is 1. The largest absolute Gasteiger partial charge is 0.393 e. The van der Waals surface area contributed by atoms with Gasteiger partial charge in [0.05, 0.1) is 17.5 Å². The van der Waals surface area contributed by atoms with E-state index in [0.717, 1.165) is 11.3 Å². The highest BCUT2D eigenvalue weighted by Crippen LogP contribution is 2.13. The Morgan fingerprint density at radius 1 is 1.26 bits per heavy atom. The molecule has 0 spiro atoms. The Morgan fingerprint density at radius 3 is 2.52 bits per heavy atom. The molecular formula is C17H24N4O2. The van der Waals surface area contributed by atoms with Crippen LogP contribution >= 0.6 is 0 Å². The van der Waals surface area contributed by atoms with E-state index in [1.54, 1.807) is 4.68 Å².